The summed E-state index contributed by atoms with van der Waals surface area (Å²) in [6.45, 7) is 0.348. The van der Waals surface area contributed by atoms with Crippen molar-refractivity contribution in [3.05, 3.63) is 28.5 Å². The third-order valence-corrected chi connectivity index (χ3v) is 4.56. The van der Waals surface area contributed by atoms with Crippen LogP contribution in [0.1, 0.15) is 0 Å². The summed E-state index contributed by atoms with van der Waals surface area (Å²) < 4.78 is 13.7. The fraction of sp³-hybridized carbons (Fsp3) is 0.333. The number of nitrogens with one attached hydrogen (secondary N) is 1. The number of benzene rings is 1. The number of amides is 2. The lowest BCUT2D eigenvalue weighted by molar-refractivity contribution is -0.141. The zero-order chi connectivity index (χ0) is 14.7. The molecule has 1 aromatic carbocycles. The topological polar surface area (TPSA) is 69.6 Å². The van der Waals surface area contributed by atoms with Crippen LogP contribution in [0.2, 0.25) is 0 Å². The van der Waals surface area contributed by atoms with Crippen molar-refractivity contribution in [2.24, 2.45) is 0 Å². The van der Waals surface area contributed by atoms with Crippen LogP contribution in [0, 0.1) is 5.82 Å². The van der Waals surface area contributed by atoms with Crippen molar-refractivity contribution in [3.8, 4) is 0 Å². The Morgan fingerprint density at radius 2 is 2.25 bits per heavy atom. The Balaban J connectivity index is 2.14. The van der Waals surface area contributed by atoms with Gasteiger partial charge < -0.3 is 15.3 Å². The van der Waals surface area contributed by atoms with E-state index < -0.39 is 23.9 Å². The van der Waals surface area contributed by atoms with Crippen LogP contribution in [0.25, 0.3) is 0 Å². The number of nitrogens with zero attached hydrogens (tertiary/aromatic N) is 1. The number of carboxylic acid groups (broad SMARTS) is 1. The van der Waals surface area contributed by atoms with Gasteiger partial charge in [0.25, 0.3) is 0 Å². The smallest absolute Gasteiger partial charge is 0.327 e. The maximum absolute atomic E-state index is 13.2. The first kappa shape index (κ1) is 15.1. The number of hydrogen-bond donors (Lipinski definition) is 2. The molecular formula is C12H12BrFN2O3S. The van der Waals surface area contributed by atoms with Crippen LogP contribution < -0.4 is 5.32 Å². The molecule has 0 aliphatic carbocycles. The number of rotatable bonds is 2. The van der Waals surface area contributed by atoms with Gasteiger partial charge in [-0.05, 0) is 34.1 Å². The molecule has 1 aliphatic rings. The van der Waals surface area contributed by atoms with Crippen LogP contribution in [-0.4, -0.2) is 46.1 Å². The minimum atomic E-state index is -1.04. The fourth-order valence-electron chi connectivity index (χ4n) is 1.83. The summed E-state index contributed by atoms with van der Waals surface area (Å²) >= 11 is 4.70. The van der Waals surface area contributed by atoms with Crippen LogP contribution >= 0.6 is 27.7 Å². The van der Waals surface area contributed by atoms with Crippen LogP contribution in [0.4, 0.5) is 14.9 Å². The van der Waals surface area contributed by atoms with Crippen LogP contribution in [-0.2, 0) is 4.79 Å². The van der Waals surface area contributed by atoms with Crippen LogP contribution in [0.15, 0.2) is 22.7 Å². The van der Waals surface area contributed by atoms with Crippen molar-refractivity contribution >= 4 is 45.4 Å². The third-order valence-electron chi connectivity index (χ3n) is 2.84. The van der Waals surface area contributed by atoms with Crippen molar-refractivity contribution in [2.75, 3.05) is 23.4 Å². The number of urea groups is 1. The minimum Gasteiger partial charge on any atom is -0.480 e. The van der Waals surface area contributed by atoms with E-state index in [0.29, 0.717) is 22.5 Å². The normalized spacial score (nSPS) is 18.7. The maximum atomic E-state index is 13.2. The highest BCUT2D eigenvalue weighted by atomic mass is 79.9. The number of aliphatic carboxylic acids is 1. The molecule has 0 spiro atoms. The number of thioether (sulfide) groups is 1. The van der Waals surface area contributed by atoms with Gasteiger partial charge in [0.15, 0.2) is 0 Å². The van der Waals surface area contributed by atoms with Crippen molar-refractivity contribution in [1.29, 1.82) is 0 Å². The number of hydrogen-bond acceptors (Lipinski definition) is 3. The van der Waals surface area contributed by atoms with E-state index in [1.54, 1.807) is 0 Å². The van der Waals surface area contributed by atoms with E-state index in [-0.39, 0.29) is 5.69 Å². The molecular weight excluding hydrogens is 351 g/mol. The van der Waals surface area contributed by atoms with Crippen molar-refractivity contribution < 1.29 is 19.1 Å². The summed E-state index contributed by atoms with van der Waals surface area (Å²) in [5.41, 5.74) is 0.275. The zero-order valence-corrected chi connectivity index (χ0v) is 12.7. The van der Waals surface area contributed by atoms with Crippen molar-refractivity contribution in [1.82, 2.24) is 4.90 Å². The average molecular weight is 363 g/mol. The van der Waals surface area contributed by atoms with E-state index in [9.17, 15) is 14.0 Å². The molecule has 108 valence electrons. The van der Waals surface area contributed by atoms with Gasteiger partial charge in [0.1, 0.15) is 11.9 Å². The molecule has 1 aliphatic heterocycles. The average Bonchev–Trinajstić information content (AvgIpc) is 2.42. The molecule has 0 bridgehead atoms. The van der Waals surface area contributed by atoms with Gasteiger partial charge in [-0.3, -0.25) is 0 Å². The molecule has 0 saturated carbocycles. The lowest BCUT2D eigenvalue weighted by atomic mass is 10.2. The Hall–Kier alpha value is -1.28. The molecule has 1 saturated heterocycles. The molecule has 0 aromatic heterocycles. The number of carbonyl (C=O) groups excluding carboxylic acids is 1. The molecule has 1 heterocycles. The third kappa shape index (κ3) is 3.43. The van der Waals surface area contributed by atoms with Crippen molar-refractivity contribution in [3.63, 3.8) is 0 Å². The molecule has 1 unspecified atom stereocenters. The van der Waals surface area contributed by atoms with E-state index in [2.05, 4.69) is 21.2 Å². The first-order valence-electron chi connectivity index (χ1n) is 5.82. The van der Waals surface area contributed by atoms with E-state index in [1.807, 2.05) is 0 Å². The molecule has 2 rings (SSSR count). The second-order valence-electron chi connectivity index (χ2n) is 4.18. The Kier molecular flexibility index (Phi) is 4.87. The van der Waals surface area contributed by atoms with E-state index in [1.165, 1.54) is 34.9 Å². The summed E-state index contributed by atoms with van der Waals surface area (Å²) in [6.07, 6.45) is 0. The standard InChI is InChI=1S/C12H12BrFN2O3S/c13-8-2-1-7(14)5-9(8)15-12(19)16-3-4-20-6-10(16)11(17)18/h1-2,5,10H,3-4,6H2,(H,15,19)(H,17,18). The number of carbonyl (C=O) groups is 2. The van der Waals surface area contributed by atoms with Crippen molar-refractivity contribution in [2.45, 2.75) is 6.04 Å². The first-order valence-corrected chi connectivity index (χ1v) is 7.77. The molecule has 1 aromatic rings. The summed E-state index contributed by atoms with van der Waals surface area (Å²) in [6, 6.07) is 2.52. The highest BCUT2D eigenvalue weighted by molar-refractivity contribution is 9.10. The first-order chi connectivity index (χ1) is 9.49. The highest BCUT2D eigenvalue weighted by Crippen LogP contribution is 2.24. The zero-order valence-electron chi connectivity index (χ0n) is 10.3. The van der Waals surface area contributed by atoms with E-state index in [4.69, 9.17) is 5.11 Å². The van der Waals surface area contributed by atoms with Gasteiger partial charge in [-0.2, -0.15) is 11.8 Å². The monoisotopic (exact) mass is 362 g/mol. The number of halogens is 2. The van der Waals surface area contributed by atoms with Gasteiger partial charge in [0.2, 0.25) is 0 Å². The van der Waals surface area contributed by atoms with Gasteiger partial charge in [0.05, 0.1) is 5.69 Å². The Morgan fingerprint density at radius 3 is 2.95 bits per heavy atom. The molecule has 2 amide bonds. The molecule has 1 atom stereocenters. The summed E-state index contributed by atoms with van der Waals surface area (Å²) in [7, 11) is 0. The van der Waals surface area contributed by atoms with Gasteiger partial charge in [0, 0.05) is 22.5 Å². The Labute approximate surface area is 127 Å². The van der Waals surface area contributed by atoms with Crippen LogP contribution in [0.5, 0.6) is 0 Å². The summed E-state index contributed by atoms with van der Waals surface area (Å²) in [5.74, 6) is -0.479. The Bertz CT molecular complexity index is 543. The molecule has 5 nitrogen and oxygen atoms in total. The lowest BCUT2D eigenvalue weighted by Crippen LogP contribution is -2.51. The Morgan fingerprint density at radius 1 is 1.50 bits per heavy atom. The van der Waals surface area contributed by atoms with Gasteiger partial charge >= 0.3 is 12.0 Å². The number of carboxylic acids is 1. The highest BCUT2D eigenvalue weighted by Gasteiger charge is 2.32. The van der Waals surface area contributed by atoms with Gasteiger partial charge in [-0.1, -0.05) is 0 Å². The second kappa shape index (κ2) is 6.45. The fourth-order valence-corrected chi connectivity index (χ4v) is 3.22. The second-order valence-corrected chi connectivity index (χ2v) is 6.18. The SMILES string of the molecule is O=C(O)C1CSCCN1C(=O)Nc1cc(F)ccc1Br. The summed E-state index contributed by atoms with van der Waals surface area (Å²) in [5, 5.41) is 11.7. The predicted molar refractivity (Wildman–Crippen MR) is 78.6 cm³/mol. The molecule has 20 heavy (non-hydrogen) atoms. The van der Waals surface area contributed by atoms with Crippen LogP contribution in [0.3, 0.4) is 0 Å². The van der Waals surface area contributed by atoms with Gasteiger partial charge in [-0.15, -0.1) is 0 Å². The molecule has 0 radical (unpaired) electrons. The largest absolute Gasteiger partial charge is 0.480 e. The van der Waals surface area contributed by atoms with E-state index >= 15 is 0 Å². The number of anilines is 1. The predicted octanol–water partition coefficient (Wildman–Crippen LogP) is 2.62. The quantitative estimate of drug-likeness (QED) is 0.848. The maximum Gasteiger partial charge on any atom is 0.327 e. The molecule has 1 fully saturated rings. The lowest BCUT2D eigenvalue weighted by Gasteiger charge is -2.32. The molecule has 8 heteroatoms. The molecule has 2 N–H and O–H groups in total. The summed E-state index contributed by atoms with van der Waals surface area (Å²) in [4.78, 5) is 24.5. The minimum absolute atomic E-state index is 0.275. The van der Waals surface area contributed by atoms with E-state index in [0.717, 1.165) is 0 Å². The van der Waals surface area contributed by atoms with Gasteiger partial charge in [-0.25, -0.2) is 14.0 Å².